The van der Waals surface area contributed by atoms with Crippen molar-refractivity contribution in [1.82, 2.24) is 9.55 Å². The lowest BCUT2D eigenvalue weighted by molar-refractivity contribution is -0.195. The monoisotopic (exact) mass is 796 g/mol. The molecule has 58 heavy (non-hydrogen) atoms. The molecule has 1 aromatic rings. The van der Waals surface area contributed by atoms with E-state index in [9.17, 15) is 23.6 Å². The summed E-state index contributed by atoms with van der Waals surface area (Å²) in [5.41, 5.74) is 7.06. The number of aromatic nitrogens is 2. The zero-order valence-electron chi connectivity index (χ0n) is 35.9. The van der Waals surface area contributed by atoms with Gasteiger partial charge >= 0.3 is 17.6 Å². The Labute approximate surface area is 342 Å². The number of nitrogens with zero attached hydrogens (tertiary/aromatic N) is 1. The fraction of sp³-hybridized carbons (Fsp3) is 0.458. The van der Waals surface area contributed by atoms with Crippen LogP contribution in [0.3, 0.4) is 0 Å². The fourth-order valence-electron chi connectivity index (χ4n) is 7.73. The van der Waals surface area contributed by atoms with Crippen LogP contribution in [-0.2, 0) is 23.8 Å². The molecule has 0 radical (unpaired) electrons. The predicted octanol–water partition coefficient (Wildman–Crippen LogP) is 10.4. The van der Waals surface area contributed by atoms with E-state index in [1.54, 1.807) is 26.0 Å². The Kier molecular flexibility index (Phi) is 15.8. The third kappa shape index (κ3) is 13.0. The van der Waals surface area contributed by atoms with E-state index in [1.807, 2.05) is 43.1 Å². The number of hydrogen-bond acceptors (Lipinski definition) is 7. The summed E-state index contributed by atoms with van der Waals surface area (Å²) in [5.74, 6) is -2.72. The quantitative estimate of drug-likeness (QED) is 0.120. The highest BCUT2D eigenvalue weighted by Crippen LogP contribution is 2.42. The number of H-pyrrole nitrogens is 1. The van der Waals surface area contributed by atoms with Crippen molar-refractivity contribution in [3.05, 3.63) is 150 Å². The maximum atomic E-state index is 14.2. The number of halogens is 1. The first-order valence-electron chi connectivity index (χ1n) is 20.2. The minimum Gasteiger partial charge on any atom is -0.452 e. The van der Waals surface area contributed by atoms with Crippen LogP contribution in [0, 0.1) is 16.6 Å². The molecule has 1 aromatic heterocycles. The van der Waals surface area contributed by atoms with Gasteiger partial charge in [-0.2, -0.15) is 4.39 Å². The lowest BCUT2D eigenvalue weighted by Crippen LogP contribution is -2.34. The van der Waals surface area contributed by atoms with Crippen molar-refractivity contribution in [1.29, 1.82) is 0 Å². The summed E-state index contributed by atoms with van der Waals surface area (Å²) in [7, 11) is 0. The van der Waals surface area contributed by atoms with Gasteiger partial charge in [-0.1, -0.05) is 111 Å². The molecule has 0 spiro atoms. The number of carbonyl (C=O) groups is 2. The smallest absolute Gasteiger partial charge is 0.333 e. The number of aromatic amines is 1. The first-order valence-corrected chi connectivity index (χ1v) is 20.2. The average Bonchev–Trinajstić information content (AvgIpc) is 3.49. The molecule has 2 aliphatic carbocycles. The van der Waals surface area contributed by atoms with Gasteiger partial charge in [0, 0.05) is 18.6 Å². The maximum Gasteiger partial charge on any atom is 0.333 e. The third-order valence-electron chi connectivity index (χ3n) is 11.0. The Morgan fingerprint density at radius 3 is 1.74 bits per heavy atom. The molecule has 10 heteroatoms. The molecule has 1 N–H and O–H groups in total. The van der Waals surface area contributed by atoms with Gasteiger partial charge in [-0.15, -0.1) is 0 Å². The Balaban J connectivity index is 1.44. The van der Waals surface area contributed by atoms with E-state index in [0.29, 0.717) is 17.3 Å². The van der Waals surface area contributed by atoms with Gasteiger partial charge < -0.3 is 14.2 Å². The van der Waals surface area contributed by atoms with E-state index in [-0.39, 0.29) is 17.3 Å². The number of hydrogen-bond donors (Lipinski definition) is 1. The van der Waals surface area contributed by atoms with Crippen molar-refractivity contribution in [3.8, 4) is 0 Å². The van der Waals surface area contributed by atoms with Crippen LogP contribution in [0.2, 0.25) is 0 Å². The van der Waals surface area contributed by atoms with E-state index < -0.39 is 47.6 Å². The molecule has 312 valence electrons. The molecule has 9 nitrogen and oxygen atoms in total. The number of allylic oxidation sites excluding steroid dienone is 18. The van der Waals surface area contributed by atoms with E-state index in [0.717, 1.165) is 41.4 Å². The van der Waals surface area contributed by atoms with Crippen molar-refractivity contribution in [3.63, 3.8) is 0 Å². The molecule has 3 unspecified atom stereocenters. The fourth-order valence-corrected chi connectivity index (χ4v) is 7.73. The predicted molar refractivity (Wildman–Crippen MR) is 228 cm³/mol. The highest BCUT2D eigenvalue weighted by atomic mass is 19.1. The van der Waals surface area contributed by atoms with Crippen LogP contribution in [0.1, 0.15) is 120 Å². The molecule has 1 aliphatic heterocycles. The molecule has 1 fully saturated rings. The highest BCUT2D eigenvalue weighted by molar-refractivity contribution is 5.84. The van der Waals surface area contributed by atoms with Crippen LogP contribution >= 0.6 is 0 Å². The van der Waals surface area contributed by atoms with Gasteiger partial charge in [-0.3, -0.25) is 14.3 Å². The Hall–Kier alpha value is -5.09. The van der Waals surface area contributed by atoms with E-state index in [2.05, 4.69) is 65.8 Å². The van der Waals surface area contributed by atoms with Crippen LogP contribution in [0.4, 0.5) is 4.39 Å². The lowest BCUT2D eigenvalue weighted by atomic mass is 9.72. The molecule has 3 aliphatic rings. The number of ether oxygens (including phenoxy) is 3. The van der Waals surface area contributed by atoms with Crippen molar-refractivity contribution < 1.29 is 28.2 Å². The first-order chi connectivity index (χ1) is 27.2. The van der Waals surface area contributed by atoms with Crippen molar-refractivity contribution in [2.75, 3.05) is 0 Å². The summed E-state index contributed by atoms with van der Waals surface area (Å²) in [6, 6.07) is 0. The summed E-state index contributed by atoms with van der Waals surface area (Å²) >= 11 is 0. The third-order valence-corrected chi connectivity index (χ3v) is 11.0. The second-order valence-corrected chi connectivity index (χ2v) is 17.1. The van der Waals surface area contributed by atoms with Crippen LogP contribution in [0.15, 0.2) is 133 Å². The maximum absolute atomic E-state index is 14.2. The molecular weight excluding hydrogens is 736 g/mol. The van der Waals surface area contributed by atoms with E-state index in [1.165, 1.54) is 47.3 Å². The Morgan fingerprint density at radius 2 is 1.26 bits per heavy atom. The Bertz CT molecular complexity index is 2040. The molecule has 3 atom stereocenters. The molecule has 0 aromatic carbocycles. The van der Waals surface area contributed by atoms with Crippen LogP contribution < -0.4 is 11.2 Å². The van der Waals surface area contributed by atoms with Crippen LogP contribution in [0.5, 0.6) is 0 Å². The van der Waals surface area contributed by atoms with Gasteiger partial charge in [0.15, 0.2) is 6.10 Å². The van der Waals surface area contributed by atoms with Gasteiger partial charge in [0.25, 0.3) is 5.56 Å². The van der Waals surface area contributed by atoms with Gasteiger partial charge in [0.05, 0.1) is 6.20 Å². The summed E-state index contributed by atoms with van der Waals surface area (Å²) < 4.78 is 32.1. The molecule has 2 heterocycles. The summed E-state index contributed by atoms with van der Waals surface area (Å²) in [4.78, 5) is 52.2. The zero-order valence-corrected chi connectivity index (χ0v) is 35.9. The second-order valence-electron chi connectivity index (χ2n) is 17.1. The normalized spacial score (nSPS) is 23.6. The molecule has 4 rings (SSSR count). The highest BCUT2D eigenvalue weighted by Gasteiger charge is 2.42. The van der Waals surface area contributed by atoms with Crippen molar-refractivity contribution in [2.24, 2.45) is 10.8 Å². The van der Waals surface area contributed by atoms with Crippen molar-refractivity contribution in [2.45, 2.75) is 133 Å². The van der Waals surface area contributed by atoms with Gasteiger partial charge in [-0.25, -0.2) is 14.4 Å². The van der Waals surface area contributed by atoms with Gasteiger partial charge in [-0.05, 0) is 113 Å². The van der Waals surface area contributed by atoms with Gasteiger partial charge in [0.2, 0.25) is 12.1 Å². The first kappa shape index (κ1) is 45.6. The molecule has 0 saturated carbocycles. The summed E-state index contributed by atoms with van der Waals surface area (Å²) in [5, 5.41) is 0. The minimum absolute atomic E-state index is 0.146. The van der Waals surface area contributed by atoms with Crippen LogP contribution in [-0.4, -0.2) is 33.9 Å². The van der Waals surface area contributed by atoms with E-state index in [4.69, 9.17) is 14.2 Å². The topological polar surface area (TPSA) is 117 Å². The van der Waals surface area contributed by atoms with Gasteiger partial charge in [0.1, 0.15) is 6.23 Å². The molecule has 0 bridgehead atoms. The largest absolute Gasteiger partial charge is 0.452 e. The van der Waals surface area contributed by atoms with Crippen molar-refractivity contribution >= 4 is 11.9 Å². The number of rotatable bonds is 13. The zero-order chi connectivity index (χ0) is 42.8. The second kappa shape index (κ2) is 20.1. The van der Waals surface area contributed by atoms with Crippen LogP contribution in [0.25, 0.3) is 0 Å². The number of esters is 2. The number of carbonyl (C=O) groups excluding carboxylic acids is 2. The van der Waals surface area contributed by atoms with E-state index >= 15 is 0 Å². The Morgan fingerprint density at radius 1 is 0.776 bits per heavy atom. The average molecular weight is 797 g/mol. The summed E-state index contributed by atoms with van der Waals surface area (Å²) in [6.45, 7) is 21.0. The lowest BCUT2D eigenvalue weighted by Gasteiger charge is -2.33. The number of nitrogens with one attached hydrogen (secondary N) is 1. The molecule has 0 amide bonds. The summed E-state index contributed by atoms with van der Waals surface area (Å²) in [6.07, 6.45) is 26.0. The minimum atomic E-state index is -1.43. The molecule has 1 saturated heterocycles. The SMILES string of the molecule is CC1=C(/C=C/C(C)=C/C=C/C(C)=C/C(=O)OC2CC(n3cc(F)c(=O)[nH]c3=O)OC2OC(=O)/C=C(C)/C=C/C=C(C)/C=C/C2=C(C)CCCC2(C)C)C(C)(C)CCC1. The standard InChI is InChI=1S/C48H61FN2O7/c1-31(21-23-37-35(5)19-13-25-47(37,7)8)15-11-17-33(3)27-42(52)56-40-29-41(51-30-39(49)44(54)50-46(51)55)57-45(40)58-43(53)28-34(4)18-12-16-32(2)22-24-38-36(6)20-14-26-48(38,9)10/h11-12,15-18,21-24,27-28,30,40-41,45H,13-14,19-20,25-26,29H2,1-10H3,(H,50,54,55)/b17-11+,18-12+,23-21+,24-22+,31-15+,32-16+,33-27+,34-28+. The molecular formula is C48H61FN2O7.